The molecule has 4 N–H and O–H groups in total. The SMILES string of the molecule is COC1CNC(C(=O)N[C@@H](Cc2cnc[nH]2)C(=O)O)C1. The topological polar surface area (TPSA) is 116 Å². The van der Waals surface area contributed by atoms with Gasteiger partial charge in [-0.25, -0.2) is 9.78 Å². The van der Waals surface area contributed by atoms with Crippen LogP contribution >= 0.6 is 0 Å². The van der Waals surface area contributed by atoms with Gasteiger partial charge in [0.15, 0.2) is 0 Å². The van der Waals surface area contributed by atoms with E-state index >= 15 is 0 Å². The molecule has 110 valence electrons. The third kappa shape index (κ3) is 3.55. The average molecular weight is 282 g/mol. The highest BCUT2D eigenvalue weighted by atomic mass is 16.5. The number of ether oxygens (including phenoxy) is 1. The smallest absolute Gasteiger partial charge is 0.326 e. The molecule has 8 heteroatoms. The van der Waals surface area contributed by atoms with Gasteiger partial charge in [0.1, 0.15) is 6.04 Å². The van der Waals surface area contributed by atoms with E-state index in [2.05, 4.69) is 20.6 Å². The number of carboxylic acids is 1. The molecule has 0 aliphatic carbocycles. The summed E-state index contributed by atoms with van der Waals surface area (Å²) in [5, 5.41) is 14.7. The molecule has 1 saturated heterocycles. The lowest BCUT2D eigenvalue weighted by atomic mass is 10.1. The van der Waals surface area contributed by atoms with Crippen LogP contribution in [0.4, 0.5) is 0 Å². The van der Waals surface area contributed by atoms with Crippen LogP contribution in [0.25, 0.3) is 0 Å². The Kier molecular flexibility index (Phi) is 4.70. The molecule has 0 radical (unpaired) electrons. The summed E-state index contributed by atoms with van der Waals surface area (Å²) in [5.41, 5.74) is 0.659. The largest absolute Gasteiger partial charge is 0.480 e. The Morgan fingerprint density at radius 3 is 3.00 bits per heavy atom. The van der Waals surface area contributed by atoms with Crippen LogP contribution in [-0.4, -0.2) is 58.8 Å². The molecule has 1 aliphatic heterocycles. The van der Waals surface area contributed by atoms with Crippen LogP contribution in [-0.2, 0) is 20.7 Å². The third-order valence-corrected chi connectivity index (χ3v) is 3.33. The molecular weight excluding hydrogens is 264 g/mol. The number of nitrogens with zero attached hydrogens (tertiary/aromatic N) is 1. The van der Waals surface area contributed by atoms with E-state index < -0.39 is 18.1 Å². The zero-order chi connectivity index (χ0) is 14.5. The maximum atomic E-state index is 12.0. The number of H-pyrrole nitrogens is 1. The minimum Gasteiger partial charge on any atom is -0.480 e. The molecule has 2 rings (SSSR count). The molecule has 1 amide bonds. The van der Waals surface area contributed by atoms with Gasteiger partial charge in [-0.05, 0) is 6.42 Å². The Hall–Kier alpha value is -1.93. The molecule has 1 aromatic heterocycles. The van der Waals surface area contributed by atoms with E-state index in [-0.39, 0.29) is 18.4 Å². The fraction of sp³-hybridized carbons (Fsp3) is 0.583. The van der Waals surface area contributed by atoms with Crippen LogP contribution in [0, 0.1) is 0 Å². The van der Waals surface area contributed by atoms with Crippen molar-refractivity contribution in [2.45, 2.75) is 31.0 Å². The number of aromatic nitrogens is 2. The zero-order valence-electron chi connectivity index (χ0n) is 11.1. The molecule has 1 aliphatic rings. The highest BCUT2D eigenvalue weighted by molar-refractivity contribution is 5.87. The number of hydrogen-bond acceptors (Lipinski definition) is 5. The van der Waals surface area contributed by atoms with Crippen molar-refractivity contribution >= 4 is 11.9 Å². The van der Waals surface area contributed by atoms with Crippen LogP contribution < -0.4 is 10.6 Å². The zero-order valence-corrected chi connectivity index (χ0v) is 11.1. The first-order valence-electron chi connectivity index (χ1n) is 6.36. The molecule has 2 heterocycles. The second kappa shape index (κ2) is 6.49. The molecule has 1 aromatic rings. The highest BCUT2D eigenvalue weighted by Crippen LogP contribution is 2.10. The molecule has 2 unspecified atom stereocenters. The molecule has 8 nitrogen and oxygen atoms in total. The van der Waals surface area contributed by atoms with Crippen molar-refractivity contribution in [1.82, 2.24) is 20.6 Å². The first kappa shape index (κ1) is 14.5. The van der Waals surface area contributed by atoms with Crippen molar-refractivity contribution < 1.29 is 19.4 Å². The monoisotopic (exact) mass is 282 g/mol. The minimum absolute atomic E-state index is 0.0124. The summed E-state index contributed by atoms with van der Waals surface area (Å²) in [6, 6.07) is -1.39. The predicted molar refractivity (Wildman–Crippen MR) is 69.1 cm³/mol. The number of aliphatic carboxylic acids is 1. The van der Waals surface area contributed by atoms with E-state index in [1.807, 2.05) is 0 Å². The Bertz CT molecular complexity index is 462. The molecular formula is C12H18N4O4. The third-order valence-electron chi connectivity index (χ3n) is 3.33. The summed E-state index contributed by atoms with van der Waals surface area (Å²) in [5.74, 6) is -1.40. The molecule has 3 atom stereocenters. The lowest BCUT2D eigenvalue weighted by Gasteiger charge is -2.17. The maximum Gasteiger partial charge on any atom is 0.326 e. The summed E-state index contributed by atoms with van der Waals surface area (Å²) in [6.45, 7) is 0.590. The van der Waals surface area contributed by atoms with Crippen molar-refractivity contribution in [2.24, 2.45) is 0 Å². The molecule has 0 spiro atoms. The molecule has 0 aromatic carbocycles. The van der Waals surface area contributed by atoms with E-state index in [9.17, 15) is 9.59 Å². The average Bonchev–Trinajstić information content (AvgIpc) is 3.08. The van der Waals surface area contributed by atoms with Gasteiger partial charge >= 0.3 is 5.97 Å². The summed E-state index contributed by atoms with van der Waals surface area (Å²) in [4.78, 5) is 29.9. The number of imidazole rings is 1. The molecule has 0 saturated carbocycles. The van der Waals surface area contributed by atoms with Crippen LogP contribution in [0.2, 0.25) is 0 Å². The first-order valence-corrected chi connectivity index (χ1v) is 6.36. The summed E-state index contributed by atoms with van der Waals surface area (Å²) >= 11 is 0. The second-order valence-corrected chi connectivity index (χ2v) is 4.73. The van der Waals surface area contributed by atoms with Gasteiger partial charge in [0, 0.05) is 32.0 Å². The van der Waals surface area contributed by atoms with Crippen molar-refractivity contribution in [3.8, 4) is 0 Å². The standard InChI is InChI=1S/C12H18N4O4/c1-20-8-3-9(14-5-8)11(17)16-10(12(18)19)2-7-4-13-6-15-7/h4,6,8-10,14H,2-3,5H2,1H3,(H,13,15)(H,16,17)(H,18,19)/t8?,9?,10-/m0/s1. The van der Waals surface area contributed by atoms with Crippen molar-refractivity contribution in [2.75, 3.05) is 13.7 Å². The Morgan fingerprint density at radius 1 is 1.65 bits per heavy atom. The number of rotatable bonds is 6. The lowest BCUT2D eigenvalue weighted by Crippen LogP contribution is -2.49. The van der Waals surface area contributed by atoms with Gasteiger partial charge in [0.2, 0.25) is 5.91 Å². The van der Waals surface area contributed by atoms with Crippen LogP contribution in [0.5, 0.6) is 0 Å². The molecule has 1 fully saturated rings. The number of carbonyl (C=O) groups is 2. The van der Waals surface area contributed by atoms with Gasteiger partial charge in [0.25, 0.3) is 0 Å². The molecule has 20 heavy (non-hydrogen) atoms. The van der Waals surface area contributed by atoms with E-state index in [0.717, 1.165) is 0 Å². The highest BCUT2D eigenvalue weighted by Gasteiger charge is 2.31. The van der Waals surface area contributed by atoms with Crippen molar-refractivity contribution in [3.05, 3.63) is 18.2 Å². The predicted octanol–water partition coefficient (Wildman–Crippen LogP) is -1.10. The van der Waals surface area contributed by atoms with E-state index in [4.69, 9.17) is 9.84 Å². The number of methoxy groups -OCH3 is 1. The Labute approximate surface area is 115 Å². The summed E-state index contributed by atoms with van der Waals surface area (Å²) < 4.78 is 5.16. The fourth-order valence-electron chi connectivity index (χ4n) is 2.17. The number of hydrogen-bond donors (Lipinski definition) is 4. The number of carboxylic acid groups (broad SMARTS) is 1. The Morgan fingerprint density at radius 2 is 2.45 bits per heavy atom. The Balaban J connectivity index is 1.91. The van der Waals surface area contributed by atoms with Gasteiger partial charge < -0.3 is 25.5 Å². The molecule has 0 bridgehead atoms. The number of aromatic amines is 1. The van der Waals surface area contributed by atoms with Crippen molar-refractivity contribution in [3.63, 3.8) is 0 Å². The lowest BCUT2D eigenvalue weighted by molar-refractivity contribution is -0.142. The van der Waals surface area contributed by atoms with Gasteiger partial charge in [-0.1, -0.05) is 0 Å². The van der Waals surface area contributed by atoms with Gasteiger partial charge in [-0.3, -0.25) is 4.79 Å². The summed E-state index contributed by atoms with van der Waals surface area (Å²) in [7, 11) is 1.59. The van der Waals surface area contributed by atoms with E-state index in [1.165, 1.54) is 12.5 Å². The van der Waals surface area contributed by atoms with Gasteiger partial charge in [-0.15, -0.1) is 0 Å². The van der Waals surface area contributed by atoms with Crippen LogP contribution in [0.15, 0.2) is 12.5 Å². The van der Waals surface area contributed by atoms with Crippen LogP contribution in [0.3, 0.4) is 0 Å². The van der Waals surface area contributed by atoms with E-state index in [1.54, 1.807) is 7.11 Å². The summed E-state index contributed by atoms with van der Waals surface area (Å²) in [6.07, 6.45) is 3.70. The second-order valence-electron chi connectivity index (χ2n) is 4.73. The van der Waals surface area contributed by atoms with E-state index in [0.29, 0.717) is 18.7 Å². The van der Waals surface area contributed by atoms with Crippen LogP contribution in [0.1, 0.15) is 12.1 Å². The number of carbonyl (C=O) groups excluding carboxylic acids is 1. The minimum atomic E-state index is -1.07. The normalized spacial score (nSPS) is 23.4. The first-order chi connectivity index (χ1) is 9.60. The quantitative estimate of drug-likeness (QED) is 0.526. The van der Waals surface area contributed by atoms with Gasteiger partial charge in [-0.2, -0.15) is 0 Å². The van der Waals surface area contributed by atoms with Crippen molar-refractivity contribution in [1.29, 1.82) is 0 Å². The fourth-order valence-corrected chi connectivity index (χ4v) is 2.17. The van der Waals surface area contributed by atoms with Gasteiger partial charge in [0.05, 0.1) is 18.5 Å². The maximum absolute atomic E-state index is 12.0. The number of amides is 1. The number of nitrogens with one attached hydrogen (secondary N) is 3.